The van der Waals surface area contributed by atoms with Crippen LogP contribution in [0.25, 0.3) is 55.6 Å². The molecule has 106 heavy (non-hydrogen) atoms. The summed E-state index contributed by atoms with van der Waals surface area (Å²) >= 11 is 6.19. The Morgan fingerprint density at radius 1 is 0.321 bits per heavy atom. The summed E-state index contributed by atoms with van der Waals surface area (Å²) in [4.78, 5) is 57.4. The van der Waals surface area contributed by atoms with E-state index in [9.17, 15) is 24.0 Å². The standard InChI is InChI=1S/C20H25NO2.C19H23NO2.C19H23NO.C18H21NO.C17H18ClNO/c1-5-16-13-18(23-4)10-11-19(16)17-8-6-15(7-9-17)12-20(21-3)14(2)22;1-13-11-17(22-4)9-10-18(13)16-7-5-15(6-8-16)12-19(20-3)14(2)21;1-4-16-7-5-6-8-18(16)17-11-9-15(10-12-17)13-19(20-3)14(2)21;1-13-5-4-6-17(11-13)16-9-7-15(8-10-16)12-18(19-3)14(2)20;1-12(20)17(19-2)11-13-7-9-14(10-8-13)15-5-3-4-6-16(15)18/h6-11,13,20-21H,5,12H2,1-4H3;5-11,19-20H,12H2,1-4H3;5-12,19-20H,4,13H2,1-3H3;4-11,18-19H,12H2,1-3H3;3-10,17,19H,11H2,1-2H3/t20-;2*19-;18-;17-/m00000/s1. The van der Waals surface area contributed by atoms with E-state index in [-0.39, 0.29) is 59.1 Å². The predicted octanol–water partition coefficient (Wildman–Crippen LogP) is 17.8. The van der Waals surface area contributed by atoms with E-state index in [2.05, 4.69) is 218 Å². The van der Waals surface area contributed by atoms with Gasteiger partial charge in [0.1, 0.15) is 40.4 Å². The number of methoxy groups -OCH3 is 2. The molecule has 0 unspecified atom stereocenters. The molecule has 0 aromatic heterocycles. The molecule has 13 heteroatoms. The van der Waals surface area contributed by atoms with Crippen LogP contribution in [0, 0.1) is 13.8 Å². The van der Waals surface area contributed by atoms with Crippen molar-refractivity contribution in [3.8, 4) is 67.1 Å². The minimum Gasteiger partial charge on any atom is -0.497 e. The number of rotatable bonds is 29. The third kappa shape index (κ3) is 26.4. The Hall–Kier alpha value is -9.76. The second-order valence-electron chi connectivity index (χ2n) is 26.7. The first-order valence-electron chi connectivity index (χ1n) is 36.6. The summed E-state index contributed by atoms with van der Waals surface area (Å²) in [5.74, 6) is 2.60. The van der Waals surface area contributed by atoms with Crippen LogP contribution in [0.4, 0.5) is 0 Å². The van der Waals surface area contributed by atoms with Gasteiger partial charge in [-0.25, -0.2) is 0 Å². The van der Waals surface area contributed by atoms with Gasteiger partial charge in [0.15, 0.2) is 0 Å². The molecule has 0 aliphatic heterocycles. The molecule has 12 nitrogen and oxygen atoms in total. The molecular weight excluding hydrogens is 1330 g/mol. The van der Waals surface area contributed by atoms with Crippen LogP contribution in [0.3, 0.4) is 0 Å². The summed E-state index contributed by atoms with van der Waals surface area (Å²) in [7, 11) is 12.5. The van der Waals surface area contributed by atoms with Gasteiger partial charge in [0.2, 0.25) is 0 Å². The highest BCUT2D eigenvalue weighted by atomic mass is 35.5. The molecule has 0 fully saturated rings. The maximum atomic E-state index is 11.5. The van der Waals surface area contributed by atoms with E-state index in [0.29, 0.717) is 12.8 Å². The Kier molecular flexibility index (Phi) is 35.6. The van der Waals surface area contributed by atoms with Crippen LogP contribution in [-0.2, 0) is 68.9 Å². The molecule has 10 rings (SSSR count). The number of carbonyl (C=O) groups excluding carboxylic acids is 5. The second-order valence-corrected chi connectivity index (χ2v) is 27.1. The van der Waals surface area contributed by atoms with E-state index in [1.165, 1.54) is 77.9 Å². The number of nitrogens with one attached hydrogen (secondary N) is 5. The number of ketones is 5. The van der Waals surface area contributed by atoms with Crippen LogP contribution in [0.5, 0.6) is 11.5 Å². The molecule has 10 aromatic rings. The molecule has 0 amide bonds. The maximum absolute atomic E-state index is 11.5. The smallest absolute Gasteiger partial charge is 0.147 e. The van der Waals surface area contributed by atoms with E-state index in [1.54, 1.807) is 48.8 Å². The fourth-order valence-corrected chi connectivity index (χ4v) is 12.8. The van der Waals surface area contributed by atoms with Gasteiger partial charge in [0.25, 0.3) is 0 Å². The maximum Gasteiger partial charge on any atom is 0.147 e. The van der Waals surface area contributed by atoms with Crippen molar-refractivity contribution < 1.29 is 33.4 Å². The predicted molar refractivity (Wildman–Crippen MR) is 442 cm³/mol. The summed E-state index contributed by atoms with van der Waals surface area (Å²) < 4.78 is 10.6. The molecule has 0 heterocycles. The quantitative estimate of drug-likeness (QED) is 0.0302. The van der Waals surface area contributed by atoms with Gasteiger partial charge in [0.05, 0.1) is 44.4 Å². The molecule has 0 spiro atoms. The number of hydrogen-bond donors (Lipinski definition) is 5. The van der Waals surface area contributed by atoms with Crippen molar-refractivity contribution in [2.75, 3.05) is 49.5 Å². The van der Waals surface area contributed by atoms with Crippen molar-refractivity contribution in [1.82, 2.24) is 26.6 Å². The van der Waals surface area contributed by atoms with Crippen molar-refractivity contribution in [3.05, 3.63) is 286 Å². The first-order valence-corrected chi connectivity index (χ1v) is 36.9. The SMILES string of the molecule is CCc1cc(OC)ccc1-c1ccc(C[C@H](NC)C(C)=O)cc1.CCc1ccccc1-c1ccc(C[C@H](NC)C(C)=O)cc1.CN[C@@H](Cc1ccc(-c2ccc(OC)cc2C)cc1)C(C)=O.CN[C@@H](Cc1ccc(-c2cccc(C)c2)cc1)C(C)=O.CN[C@@H](Cc1ccc(-c2ccccc2Cl)cc1)C(C)=O. The number of hydrogen-bond acceptors (Lipinski definition) is 12. The number of halogens is 1. The van der Waals surface area contributed by atoms with Crippen LogP contribution < -0.4 is 36.1 Å². The number of benzene rings is 10. The monoisotopic (exact) mass is 1440 g/mol. The Bertz CT molecular complexity index is 4400. The van der Waals surface area contributed by atoms with Gasteiger partial charge in [-0.15, -0.1) is 0 Å². The van der Waals surface area contributed by atoms with Crippen LogP contribution in [0.1, 0.15) is 98.5 Å². The molecule has 0 aliphatic carbocycles. The Morgan fingerprint density at radius 2 is 0.632 bits per heavy atom. The summed E-state index contributed by atoms with van der Waals surface area (Å²) in [6.07, 6.45) is 5.60. The van der Waals surface area contributed by atoms with Crippen molar-refractivity contribution >= 4 is 40.5 Å². The topological polar surface area (TPSA) is 164 Å². The lowest BCUT2D eigenvalue weighted by molar-refractivity contribution is -0.119. The van der Waals surface area contributed by atoms with E-state index in [1.807, 2.05) is 102 Å². The fraction of sp³-hybridized carbons (Fsp3) is 0.301. The summed E-state index contributed by atoms with van der Waals surface area (Å²) in [5.41, 5.74) is 22.8. The Balaban J connectivity index is 0.000000208. The van der Waals surface area contributed by atoms with Crippen molar-refractivity contribution in [1.29, 1.82) is 0 Å². The minimum atomic E-state index is -0.124. The first-order chi connectivity index (χ1) is 51.0. The van der Waals surface area contributed by atoms with Gasteiger partial charge in [-0.1, -0.05) is 231 Å². The molecule has 5 atom stereocenters. The first kappa shape index (κ1) is 85.2. The summed E-state index contributed by atoms with van der Waals surface area (Å²) in [6, 6.07) is 78.5. The Labute approximate surface area is 636 Å². The number of likely N-dealkylation sites (N-methyl/N-ethyl adjacent to an activating group) is 5. The fourth-order valence-electron chi connectivity index (χ4n) is 12.5. The average Bonchev–Trinajstić information content (AvgIpc) is 0.863. The zero-order chi connectivity index (χ0) is 77.2. The third-order valence-corrected chi connectivity index (χ3v) is 19.5. The summed E-state index contributed by atoms with van der Waals surface area (Å²) in [5, 5.41) is 16.0. The van der Waals surface area contributed by atoms with Crippen LogP contribution in [-0.4, -0.2) is 109 Å². The molecule has 10 aromatic carbocycles. The van der Waals surface area contributed by atoms with Gasteiger partial charge in [-0.3, -0.25) is 24.0 Å². The van der Waals surface area contributed by atoms with Crippen LogP contribution >= 0.6 is 11.6 Å². The molecule has 0 saturated heterocycles. The molecule has 556 valence electrons. The van der Waals surface area contributed by atoms with Gasteiger partial charge >= 0.3 is 0 Å². The van der Waals surface area contributed by atoms with Gasteiger partial charge in [-0.2, -0.15) is 0 Å². The number of carbonyl (C=O) groups is 5. The highest BCUT2D eigenvalue weighted by molar-refractivity contribution is 6.33. The zero-order valence-electron chi connectivity index (χ0n) is 65.0. The third-order valence-electron chi connectivity index (χ3n) is 19.2. The Morgan fingerprint density at radius 3 is 0.962 bits per heavy atom. The highest BCUT2D eigenvalue weighted by Crippen LogP contribution is 2.32. The molecule has 0 bridgehead atoms. The van der Waals surface area contributed by atoms with Gasteiger partial charge in [-0.05, 0) is 254 Å². The van der Waals surface area contributed by atoms with Gasteiger partial charge in [0, 0.05) is 10.6 Å². The van der Waals surface area contributed by atoms with Crippen molar-refractivity contribution in [2.45, 2.75) is 137 Å². The molecule has 5 N–H and O–H groups in total. The molecular formula is C93H110ClN5O7. The lowest BCUT2D eigenvalue weighted by atomic mass is 9.95. The number of aryl methyl sites for hydroxylation is 4. The van der Waals surface area contributed by atoms with Crippen LogP contribution in [0.2, 0.25) is 5.02 Å². The van der Waals surface area contributed by atoms with Crippen LogP contribution in [0.15, 0.2) is 231 Å². The number of ether oxygens (including phenoxy) is 2. The number of Topliss-reactive ketones (excluding diaryl/α,β-unsaturated/α-hetero) is 5. The van der Waals surface area contributed by atoms with E-state index < -0.39 is 0 Å². The zero-order valence-corrected chi connectivity index (χ0v) is 65.8. The largest absolute Gasteiger partial charge is 0.497 e. The summed E-state index contributed by atoms with van der Waals surface area (Å²) in [6.45, 7) is 16.6. The van der Waals surface area contributed by atoms with Crippen molar-refractivity contribution in [3.63, 3.8) is 0 Å². The second kappa shape index (κ2) is 44.3. The lowest BCUT2D eigenvalue weighted by Gasteiger charge is -2.14. The lowest BCUT2D eigenvalue weighted by Crippen LogP contribution is -2.34. The minimum absolute atomic E-state index is 0.0974. The molecule has 0 radical (unpaired) electrons. The molecule has 0 aliphatic rings. The molecule has 0 saturated carbocycles. The average molecular weight is 1450 g/mol. The van der Waals surface area contributed by atoms with Gasteiger partial charge < -0.3 is 36.1 Å². The highest BCUT2D eigenvalue weighted by Gasteiger charge is 2.18. The van der Waals surface area contributed by atoms with Crippen molar-refractivity contribution in [2.24, 2.45) is 0 Å². The normalized spacial score (nSPS) is 12.1. The van der Waals surface area contributed by atoms with E-state index in [0.717, 1.165) is 76.4 Å². The van der Waals surface area contributed by atoms with E-state index >= 15 is 0 Å². The van der Waals surface area contributed by atoms with E-state index in [4.69, 9.17) is 21.1 Å².